The van der Waals surface area contributed by atoms with Gasteiger partial charge >= 0.3 is 0 Å². The Morgan fingerprint density at radius 1 is 1.05 bits per heavy atom. The number of ether oxygens (including phenoxy) is 1. The molecular formula is C14H8BrFN2O. The van der Waals surface area contributed by atoms with Crippen LogP contribution in [0, 0.1) is 5.82 Å². The van der Waals surface area contributed by atoms with Gasteiger partial charge in [-0.3, -0.25) is 9.97 Å². The molecule has 0 amide bonds. The first-order chi connectivity index (χ1) is 9.24. The van der Waals surface area contributed by atoms with Crippen LogP contribution in [0.2, 0.25) is 0 Å². The zero-order valence-corrected chi connectivity index (χ0v) is 11.3. The van der Waals surface area contributed by atoms with Gasteiger partial charge in [0.15, 0.2) is 5.82 Å². The third-order valence-corrected chi connectivity index (χ3v) is 3.14. The average molecular weight is 319 g/mol. The van der Waals surface area contributed by atoms with Gasteiger partial charge < -0.3 is 4.74 Å². The van der Waals surface area contributed by atoms with Crippen molar-refractivity contribution in [2.75, 3.05) is 0 Å². The van der Waals surface area contributed by atoms with Crippen molar-refractivity contribution < 1.29 is 9.13 Å². The highest BCUT2D eigenvalue weighted by Crippen LogP contribution is 2.29. The Labute approximate surface area is 117 Å². The highest BCUT2D eigenvalue weighted by atomic mass is 79.9. The SMILES string of the molecule is Fc1cncc2c(Oc3ccc(Br)cc3)ccnc12. The molecule has 0 saturated carbocycles. The van der Waals surface area contributed by atoms with Gasteiger partial charge in [-0.25, -0.2) is 4.39 Å². The zero-order chi connectivity index (χ0) is 13.2. The third kappa shape index (κ3) is 2.42. The molecule has 0 saturated heterocycles. The maximum Gasteiger partial charge on any atom is 0.167 e. The molecule has 1 aromatic carbocycles. The molecule has 94 valence electrons. The minimum atomic E-state index is -0.459. The molecule has 0 fully saturated rings. The molecule has 0 spiro atoms. The lowest BCUT2D eigenvalue weighted by Gasteiger charge is -2.08. The van der Waals surface area contributed by atoms with Crippen molar-refractivity contribution in [1.82, 2.24) is 9.97 Å². The lowest BCUT2D eigenvalue weighted by atomic mass is 10.2. The van der Waals surface area contributed by atoms with E-state index in [1.807, 2.05) is 24.3 Å². The summed E-state index contributed by atoms with van der Waals surface area (Å²) in [6.45, 7) is 0. The first kappa shape index (κ1) is 12.0. The quantitative estimate of drug-likeness (QED) is 0.705. The summed E-state index contributed by atoms with van der Waals surface area (Å²) in [6, 6.07) is 9.08. The van der Waals surface area contributed by atoms with Crippen molar-refractivity contribution in [2.24, 2.45) is 0 Å². The van der Waals surface area contributed by atoms with Crippen LogP contribution < -0.4 is 4.74 Å². The lowest BCUT2D eigenvalue weighted by Crippen LogP contribution is -1.91. The fraction of sp³-hybridized carbons (Fsp3) is 0. The summed E-state index contributed by atoms with van der Waals surface area (Å²) >= 11 is 3.36. The Morgan fingerprint density at radius 2 is 1.84 bits per heavy atom. The number of fused-ring (bicyclic) bond motifs is 1. The number of hydrogen-bond donors (Lipinski definition) is 0. The molecule has 0 aliphatic heterocycles. The van der Waals surface area contributed by atoms with Gasteiger partial charge in [0.05, 0.1) is 11.6 Å². The van der Waals surface area contributed by atoms with Crippen LogP contribution in [0.15, 0.2) is 53.4 Å². The Bertz CT molecular complexity index is 731. The molecule has 0 N–H and O–H groups in total. The van der Waals surface area contributed by atoms with Crippen molar-refractivity contribution in [1.29, 1.82) is 0 Å². The van der Waals surface area contributed by atoms with Crippen molar-refractivity contribution in [3.63, 3.8) is 0 Å². The van der Waals surface area contributed by atoms with Crippen LogP contribution in [0.3, 0.4) is 0 Å². The number of nitrogens with zero attached hydrogens (tertiary/aromatic N) is 2. The molecule has 0 aliphatic rings. The van der Waals surface area contributed by atoms with E-state index in [1.54, 1.807) is 12.3 Å². The van der Waals surface area contributed by atoms with Gasteiger partial charge in [0.2, 0.25) is 0 Å². The van der Waals surface area contributed by atoms with Crippen molar-refractivity contribution in [3.8, 4) is 11.5 Å². The number of hydrogen-bond acceptors (Lipinski definition) is 3. The summed E-state index contributed by atoms with van der Waals surface area (Å²) in [4.78, 5) is 7.82. The molecule has 3 rings (SSSR count). The van der Waals surface area contributed by atoms with Gasteiger partial charge in [-0.15, -0.1) is 0 Å². The van der Waals surface area contributed by atoms with Gasteiger partial charge in [-0.2, -0.15) is 0 Å². The normalized spacial score (nSPS) is 10.6. The molecule has 0 unspecified atom stereocenters. The van der Waals surface area contributed by atoms with Crippen molar-refractivity contribution in [3.05, 3.63) is 59.2 Å². The summed E-state index contributed by atoms with van der Waals surface area (Å²) in [5.41, 5.74) is 0.254. The minimum Gasteiger partial charge on any atom is -0.457 e. The van der Waals surface area contributed by atoms with Crippen LogP contribution in [0.1, 0.15) is 0 Å². The summed E-state index contributed by atoms with van der Waals surface area (Å²) in [6.07, 6.45) is 4.19. The fourth-order valence-electron chi connectivity index (χ4n) is 1.73. The Kier molecular flexibility index (Phi) is 3.13. The monoisotopic (exact) mass is 318 g/mol. The largest absolute Gasteiger partial charge is 0.457 e. The number of benzene rings is 1. The molecule has 2 aromatic heterocycles. The number of pyridine rings is 2. The van der Waals surface area contributed by atoms with Crippen LogP contribution in [-0.4, -0.2) is 9.97 Å². The maximum atomic E-state index is 13.6. The Morgan fingerprint density at radius 3 is 2.63 bits per heavy atom. The first-order valence-corrected chi connectivity index (χ1v) is 6.35. The third-order valence-electron chi connectivity index (χ3n) is 2.61. The molecule has 3 aromatic rings. The lowest BCUT2D eigenvalue weighted by molar-refractivity contribution is 0.487. The van der Waals surface area contributed by atoms with Crippen LogP contribution in [0.5, 0.6) is 11.5 Å². The van der Waals surface area contributed by atoms with E-state index in [4.69, 9.17) is 4.74 Å². The Hall–Kier alpha value is -2.01. The van der Waals surface area contributed by atoms with Gasteiger partial charge in [0.1, 0.15) is 17.0 Å². The molecule has 2 heterocycles. The second-order valence-corrected chi connectivity index (χ2v) is 4.80. The maximum absolute atomic E-state index is 13.6. The molecule has 0 radical (unpaired) electrons. The zero-order valence-electron chi connectivity index (χ0n) is 9.68. The van der Waals surface area contributed by atoms with E-state index in [1.165, 1.54) is 6.20 Å². The van der Waals surface area contributed by atoms with E-state index in [0.717, 1.165) is 10.7 Å². The Balaban J connectivity index is 2.06. The molecule has 0 aliphatic carbocycles. The van der Waals surface area contributed by atoms with E-state index >= 15 is 0 Å². The van der Waals surface area contributed by atoms with Gasteiger partial charge in [0, 0.05) is 16.9 Å². The second kappa shape index (κ2) is 4.93. The standard InChI is InChI=1S/C14H8BrFN2O/c15-9-1-3-10(4-2-9)19-13-5-6-18-14-11(13)7-17-8-12(14)16/h1-8H. The fourth-order valence-corrected chi connectivity index (χ4v) is 1.99. The van der Waals surface area contributed by atoms with Crippen LogP contribution in [0.4, 0.5) is 4.39 Å². The van der Waals surface area contributed by atoms with Crippen molar-refractivity contribution >= 4 is 26.8 Å². The van der Waals surface area contributed by atoms with E-state index in [2.05, 4.69) is 25.9 Å². The summed E-state index contributed by atoms with van der Waals surface area (Å²) in [5.74, 6) is 0.734. The molecular weight excluding hydrogens is 311 g/mol. The molecule has 3 nitrogen and oxygen atoms in total. The van der Waals surface area contributed by atoms with Crippen LogP contribution in [0.25, 0.3) is 10.9 Å². The van der Waals surface area contributed by atoms with Gasteiger partial charge in [0.25, 0.3) is 0 Å². The first-order valence-electron chi connectivity index (χ1n) is 5.56. The summed E-state index contributed by atoms with van der Waals surface area (Å²) in [7, 11) is 0. The van der Waals surface area contributed by atoms with E-state index in [-0.39, 0.29) is 5.52 Å². The minimum absolute atomic E-state index is 0.254. The average Bonchev–Trinajstić information content (AvgIpc) is 2.43. The molecule has 0 bridgehead atoms. The smallest absolute Gasteiger partial charge is 0.167 e. The van der Waals surface area contributed by atoms with E-state index in [9.17, 15) is 4.39 Å². The number of aromatic nitrogens is 2. The predicted molar refractivity (Wildman–Crippen MR) is 73.7 cm³/mol. The number of rotatable bonds is 2. The topological polar surface area (TPSA) is 35.0 Å². The van der Waals surface area contributed by atoms with Gasteiger partial charge in [-0.05, 0) is 30.3 Å². The molecule has 5 heteroatoms. The predicted octanol–water partition coefficient (Wildman–Crippen LogP) is 4.32. The molecule has 19 heavy (non-hydrogen) atoms. The van der Waals surface area contributed by atoms with Gasteiger partial charge in [-0.1, -0.05) is 15.9 Å². The molecule has 0 atom stereocenters. The summed E-state index contributed by atoms with van der Waals surface area (Å²) in [5, 5.41) is 0.547. The highest BCUT2D eigenvalue weighted by molar-refractivity contribution is 9.10. The van der Waals surface area contributed by atoms with Crippen LogP contribution >= 0.6 is 15.9 Å². The number of halogens is 2. The van der Waals surface area contributed by atoms with Crippen molar-refractivity contribution in [2.45, 2.75) is 0 Å². The summed E-state index contributed by atoms with van der Waals surface area (Å²) < 4.78 is 20.3. The van der Waals surface area contributed by atoms with E-state index in [0.29, 0.717) is 16.9 Å². The highest BCUT2D eigenvalue weighted by Gasteiger charge is 2.08. The van der Waals surface area contributed by atoms with E-state index < -0.39 is 5.82 Å². The second-order valence-electron chi connectivity index (χ2n) is 3.88. The van der Waals surface area contributed by atoms with Crippen LogP contribution in [-0.2, 0) is 0 Å².